The normalized spacial score (nSPS) is 44.5. The number of aliphatic hydroxyl groups is 25. The molecule has 7 aliphatic rings. The second kappa shape index (κ2) is 30.2. The van der Waals surface area contributed by atoms with Gasteiger partial charge in [0.1, 0.15) is 97.7 Å². The first-order valence-electron chi connectivity index (χ1n) is 23.5. The van der Waals surface area contributed by atoms with Crippen LogP contribution in [0.5, 0.6) is 0 Å². The monoisotopic (exact) mass is 1130 g/mol. The lowest BCUT2D eigenvalue weighted by Crippen LogP contribution is -2.65. The van der Waals surface area contributed by atoms with E-state index in [4.69, 9.17) is 47.4 Å². The smallest absolute Gasteiger partial charge is 0.218 e. The zero-order chi connectivity index (χ0) is 57.7. The Balaban J connectivity index is 1.79. The van der Waals surface area contributed by atoms with Crippen molar-refractivity contribution in [3.63, 3.8) is 0 Å². The van der Waals surface area contributed by atoms with Crippen LogP contribution in [0.1, 0.15) is 25.7 Å². The Labute approximate surface area is 434 Å². The molecule has 7 aliphatic heterocycles. The third kappa shape index (κ3) is 15.8. The van der Waals surface area contributed by atoms with Crippen LogP contribution in [-0.2, 0) is 47.4 Å². The summed E-state index contributed by atoms with van der Waals surface area (Å²) < 4.78 is 53.5. The molecule has 0 aromatic heterocycles. The number of rotatable bonds is 11. The Morgan fingerprint density at radius 3 is 0.714 bits per heavy atom. The summed E-state index contributed by atoms with van der Waals surface area (Å²) in [5.41, 5.74) is 0. The molecular formula is C42H70O35. The Kier molecular flexibility index (Phi) is 25.8. The molecule has 6 bridgehead atoms. The second-order valence-corrected chi connectivity index (χ2v) is 17.5. The Bertz CT molecular complexity index is 1930. The van der Waals surface area contributed by atoms with Crippen LogP contribution in [0.2, 0.25) is 0 Å². The highest BCUT2D eigenvalue weighted by Crippen LogP contribution is 2.34. The molecule has 35 nitrogen and oxygen atoms in total. The van der Waals surface area contributed by atoms with E-state index >= 15 is 0 Å². The second-order valence-electron chi connectivity index (χ2n) is 17.5. The van der Waals surface area contributed by atoms with Gasteiger partial charge in [0.25, 0.3) is 0 Å². The largest absolute Gasteiger partial charge is 0.506 e. The lowest BCUT2D eigenvalue weighted by atomic mass is 9.96. The van der Waals surface area contributed by atoms with Crippen molar-refractivity contribution < 1.29 is 175 Å². The highest BCUT2D eigenvalue weighted by molar-refractivity contribution is 5.13. The van der Waals surface area contributed by atoms with E-state index in [1.165, 1.54) is 0 Å². The lowest BCUT2D eigenvalue weighted by Gasteiger charge is -2.47. The van der Waals surface area contributed by atoms with Gasteiger partial charge in [0, 0.05) is 52.1 Å². The molecule has 25 N–H and O–H groups in total. The molecule has 77 heavy (non-hydrogen) atoms. The van der Waals surface area contributed by atoms with Gasteiger partial charge in [-0.25, -0.2) is 0 Å². The van der Waals surface area contributed by atoms with Crippen LogP contribution in [0.3, 0.4) is 0 Å². The summed E-state index contributed by atoms with van der Waals surface area (Å²) in [5, 5.41) is 266. The molecule has 0 saturated carbocycles. The summed E-state index contributed by atoms with van der Waals surface area (Å²) in [4.78, 5) is 0. The van der Waals surface area contributed by atoms with Gasteiger partial charge in [0.15, 0.2) is 64.9 Å². The molecule has 0 radical (unpaired) electrons. The van der Waals surface area contributed by atoms with E-state index in [1.807, 2.05) is 0 Å². The third-order valence-corrected chi connectivity index (χ3v) is 12.3. The minimum absolute atomic E-state index is 0.712. The first-order valence-corrected chi connectivity index (χ1v) is 23.5. The number of aliphatic hydroxyl groups excluding tert-OH is 25. The van der Waals surface area contributed by atoms with Crippen molar-refractivity contribution >= 4 is 0 Å². The molecule has 0 spiro atoms. The van der Waals surface area contributed by atoms with Crippen LogP contribution in [-0.4, -0.2) is 316 Å². The first kappa shape index (κ1) is 65.8. The summed E-state index contributed by atoms with van der Waals surface area (Å²) in [6.45, 7) is -7.16. The maximum atomic E-state index is 11.2. The predicted octanol–water partition coefficient (Wildman–Crippen LogP) is -8.87. The van der Waals surface area contributed by atoms with Gasteiger partial charge in [-0.05, 0) is 0 Å². The molecule has 7 heterocycles. The highest BCUT2D eigenvalue weighted by atomic mass is 16.8. The quantitative estimate of drug-likeness (QED) is 0.0913. The third-order valence-electron chi connectivity index (χ3n) is 12.3. The van der Waals surface area contributed by atoms with Gasteiger partial charge in [0.2, 0.25) is 25.2 Å². The number of fused-ring (bicyclic) bond motifs is 3. The molecule has 23 atom stereocenters. The SMILES string of the molecule is OCCC1OC(O)/C(O)=C(\O)C(CCO)OC(O)/C(O)=C(/O)C(CCO)OC2OC(CO)C(OC(O)/C(O)=C(\O)C(CCO)OC3OC(CO)C(OC4OC(CO)C(OC(O)C(O)=C1O)C(O)C4O)C(O)C3O)C(O)C2O. The molecule has 0 aromatic carbocycles. The van der Waals surface area contributed by atoms with Gasteiger partial charge in [-0.15, -0.1) is 0 Å². The minimum atomic E-state index is -2.82. The maximum Gasteiger partial charge on any atom is 0.218 e. The van der Waals surface area contributed by atoms with Crippen LogP contribution in [0.4, 0.5) is 0 Å². The van der Waals surface area contributed by atoms with Crippen molar-refractivity contribution in [3.05, 3.63) is 46.1 Å². The van der Waals surface area contributed by atoms with Gasteiger partial charge >= 0.3 is 0 Å². The van der Waals surface area contributed by atoms with E-state index < -0.39 is 260 Å². The van der Waals surface area contributed by atoms with Crippen molar-refractivity contribution in [1.29, 1.82) is 0 Å². The Morgan fingerprint density at radius 2 is 0.468 bits per heavy atom. The molecule has 3 fully saturated rings. The fourth-order valence-electron chi connectivity index (χ4n) is 8.06. The lowest BCUT2D eigenvalue weighted by molar-refractivity contribution is -0.368. The maximum absolute atomic E-state index is 11.2. The van der Waals surface area contributed by atoms with E-state index in [-0.39, 0.29) is 0 Å². The molecule has 0 aromatic rings. The number of hydrogen-bond acceptors (Lipinski definition) is 35. The molecule has 448 valence electrons. The molecule has 7 rings (SSSR count). The molecule has 3 saturated heterocycles. The summed E-state index contributed by atoms with van der Waals surface area (Å²) in [6.07, 6.45) is -54.7. The molecule has 23 unspecified atom stereocenters. The standard InChI is InChI=1S/C42H70O35/c43-5-1-12-19(50)26(57)36(64)69-13(2-6-44)20(51)28(59)38(66)76-34-17(10-48)74-42(32(63)24(34)55)77-35-18(11-49)73-41(31(62)25(35)56)71-15(4-8-46)22(53)29(60)39(67)75-33-16(9-47)72-40(30(61)23(33)54)70-14(3-7-45)21(52)27(58)37(65)68-12/h12-18,23-25,30-67H,1-11H2/b26-19+,27-21-,28-20?,29-22+. The zero-order valence-corrected chi connectivity index (χ0v) is 40.3. The molecule has 0 amide bonds. The minimum Gasteiger partial charge on any atom is -0.506 e. The highest BCUT2D eigenvalue weighted by Gasteiger charge is 2.53. The number of ether oxygens (including phenoxy) is 10. The zero-order valence-electron chi connectivity index (χ0n) is 40.3. The van der Waals surface area contributed by atoms with Crippen LogP contribution < -0.4 is 0 Å². The van der Waals surface area contributed by atoms with Crippen molar-refractivity contribution in [2.24, 2.45) is 0 Å². The van der Waals surface area contributed by atoms with Crippen LogP contribution in [0.25, 0.3) is 0 Å². The fourth-order valence-corrected chi connectivity index (χ4v) is 8.06. The molecule has 0 aliphatic carbocycles. The number of hydrogen-bond donors (Lipinski definition) is 25. The van der Waals surface area contributed by atoms with E-state index in [9.17, 15) is 128 Å². The van der Waals surface area contributed by atoms with Crippen molar-refractivity contribution in [2.75, 3.05) is 46.2 Å². The predicted molar refractivity (Wildman–Crippen MR) is 237 cm³/mol. The van der Waals surface area contributed by atoms with Crippen molar-refractivity contribution in [3.8, 4) is 0 Å². The van der Waals surface area contributed by atoms with Crippen LogP contribution in [0.15, 0.2) is 46.1 Å². The van der Waals surface area contributed by atoms with Gasteiger partial charge in [-0.2, -0.15) is 0 Å². The van der Waals surface area contributed by atoms with Gasteiger partial charge in [0.05, 0.1) is 19.8 Å². The Morgan fingerprint density at radius 1 is 0.247 bits per heavy atom. The van der Waals surface area contributed by atoms with Crippen LogP contribution in [0, 0.1) is 0 Å². The summed E-state index contributed by atoms with van der Waals surface area (Å²) in [7, 11) is 0. The molecule has 35 heteroatoms. The van der Waals surface area contributed by atoms with E-state index in [1.54, 1.807) is 0 Å². The van der Waals surface area contributed by atoms with E-state index in [2.05, 4.69) is 0 Å². The Hall–Kier alpha value is -3.72. The summed E-state index contributed by atoms with van der Waals surface area (Å²) in [5.74, 6) is -12.2. The van der Waals surface area contributed by atoms with Crippen molar-refractivity contribution in [2.45, 2.75) is 167 Å². The molecular weight excluding hydrogens is 1060 g/mol. The van der Waals surface area contributed by atoms with Crippen molar-refractivity contribution in [1.82, 2.24) is 0 Å². The van der Waals surface area contributed by atoms with Gasteiger partial charge in [-0.1, -0.05) is 0 Å². The summed E-state index contributed by atoms with van der Waals surface area (Å²) in [6, 6.07) is 0. The van der Waals surface area contributed by atoms with E-state index in [0.717, 1.165) is 0 Å². The topological polar surface area (TPSA) is 598 Å². The van der Waals surface area contributed by atoms with Crippen LogP contribution >= 0.6 is 0 Å². The fraction of sp³-hybridized carbons (Fsp3) is 0.810. The average Bonchev–Trinajstić information content (AvgIpc) is 3.41. The average molecular weight is 1130 g/mol. The van der Waals surface area contributed by atoms with Gasteiger partial charge in [-0.3, -0.25) is 0 Å². The van der Waals surface area contributed by atoms with Gasteiger partial charge < -0.3 is 175 Å². The summed E-state index contributed by atoms with van der Waals surface area (Å²) >= 11 is 0. The first-order chi connectivity index (χ1) is 36.4. The van der Waals surface area contributed by atoms with E-state index in [0.29, 0.717) is 0 Å².